The molecule has 2 unspecified atom stereocenters. The van der Waals surface area contributed by atoms with Crippen LogP contribution in [0.5, 0.6) is 0 Å². The molecule has 1 aliphatic rings. The second kappa shape index (κ2) is 7.30. The van der Waals surface area contributed by atoms with Gasteiger partial charge in [-0.1, -0.05) is 13.8 Å². The summed E-state index contributed by atoms with van der Waals surface area (Å²) in [5.74, 6) is 1.47. The van der Waals surface area contributed by atoms with Gasteiger partial charge < -0.3 is 10.2 Å². The van der Waals surface area contributed by atoms with E-state index in [1.165, 1.54) is 19.5 Å². The number of nitrogens with one attached hydrogen (secondary N) is 1. The molecule has 2 aromatic rings. The number of likely N-dealkylation sites (tertiary alicyclic amines) is 1. The molecule has 3 heterocycles. The number of fused-ring (bicyclic) bond motifs is 1. The average Bonchev–Trinajstić information content (AvgIpc) is 2.86. The Morgan fingerprint density at radius 2 is 2.08 bits per heavy atom. The van der Waals surface area contributed by atoms with Gasteiger partial charge >= 0.3 is 0 Å². The predicted molar refractivity (Wildman–Crippen MR) is 94.1 cm³/mol. The van der Waals surface area contributed by atoms with E-state index in [0.29, 0.717) is 23.4 Å². The molecule has 0 aromatic carbocycles. The number of carbonyl (C=O) groups excluding carboxylic acids is 1. The van der Waals surface area contributed by atoms with Gasteiger partial charge in [-0.15, -0.1) is 0 Å². The number of aryl methyl sites for hydroxylation is 1. The van der Waals surface area contributed by atoms with E-state index in [4.69, 9.17) is 0 Å². The average molecular weight is 329 g/mol. The van der Waals surface area contributed by atoms with Crippen molar-refractivity contribution in [2.24, 2.45) is 11.8 Å². The van der Waals surface area contributed by atoms with E-state index in [0.717, 1.165) is 24.8 Å². The zero-order valence-electron chi connectivity index (χ0n) is 14.8. The number of hydrogen-bond donors (Lipinski definition) is 1. The molecule has 130 valence electrons. The molecule has 1 amide bonds. The van der Waals surface area contributed by atoms with Crippen molar-refractivity contribution in [1.29, 1.82) is 0 Å². The fraction of sp³-hybridized carbons (Fsp3) is 0.611. The van der Waals surface area contributed by atoms with Crippen LogP contribution < -0.4 is 5.32 Å². The lowest BCUT2D eigenvalue weighted by molar-refractivity contribution is 0.0948. The Labute approximate surface area is 143 Å². The largest absolute Gasteiger partial charge is 0.352 e. The highest BCUT2D eigenvalue weighted by Crippen LogP contribution is 2.20. The summed E-state index contributed by atoms with van der Waals surface area (Å²) in [5, 5.41) is 7.36. The number of piperidine rings is 1. The Morgan fingerprint density at radius 1 is 1.33 bits per heavy atom. The van der Waals surface area contributed by atoms with Gasteiger partial charge in [0.2, 0.25) is 0 Å². The van der Waals surface area contributed by atoms with Crippen LogP contribution in [0.2, 0.25) is 0 Å². The maximum Gasteiger partial charge on any atom is 0.257 e. The molecule has 2 atom stereocenters. The van der Waals surface area contributed by atoms with E-state index in [1.807, 2.05) is 19.2 Å². The van der Waals surface area contributed by atoms with Gasteiger partial charge in [-0.05, 0) is 44.2 Å². The standard InChI is InChI=1S/C18H27N5O/c1-13-10-14(2)12-22(11-13)8-4-7-20-18(24)16-15(3)21-23-9-5-6-19-17(16)23/h5-6,9,13-14H,4,7-8,10-12H2,1-3H3,(H,20,24). The third-order valence-corrected chi connectivity index (χ3v) is 4.68. The normalized spacial score (nSPS) is 22.0. The summed E-state index contributed by atoms with van der Waals surface area (Å²) in [4.78, 5) is 19.3. The molecule has 0 spiro atoms. The number of aromatic nitrogens is 3. The molecule has 6 nitrogen and oxygen atoms in total. The van der Waals surface area contributed by atoms with Crippen LogP contribution in [0.3, 0.4) is 0 Å². The van der Waals surface area contributed by atoms with Crippen LogP contribution in [-0.4, -0.2) is 51.6 Å². The first-order valence-electron chi connectivity index (χ1n) is 8.85. The van der Waals surface area contributed by atoms with Gasteiger partial charge in [0.1, 0.15) is 5.56 Å². The minimum atomic E-state index is -0.0819. The van der Waals surface area contributed by atoms with Crippen molar-refractivity contribution >= 4 is 11.6 Å². The van der Waals surface area contributed by atoms with Gasteiger partial charge in [0.15, 0.2) is 5.65 Å². The summed E-state index contributed by atoms with van der Waals surface area (Å²) < 4.78 is 1.65. The fourth-order valence-electron chi connectivity index (χ4n) is 3.83. The predicted octanol–water partition coefficient (Wildman–Crippen LogP) is 2.14. The van der Waals surface area contributed by atoms with E-state index in [9.17, 15) is 4.79 Å². The first-order valence-corrected chi connectivity index (χ1v) is 8.85. The molecular weight excluding hydrogens is 302 g/mol. The van der Waals surface area contributed by atoms with Crippen LogP contribution in [0.25, 0.3) is 5.65 Å². The molecule has 3 rings (SSSR count). The van der Waals surface area contributed by atoms with Gasteiger partial charge in [0, 0.05) is 32.0 Å². The zero-order chi connectivity index (χ0) is 17.1. The highest BCUT2D eigenvalue weighted by molar-refractivity contribution is 6.00. The Hall–Kier alpha value is -1.95. The topological polar surface area (TPSA) is 62.5 Å². The molecule has 1 N–H and O–H groups in total. The first-order chi connectivity index (χ1) is 11.5. The van der Waals surface area contributed by atoms with Gasteiger partial charge in [0.05, 0.1) is 5.69 Å². The van der Waals surface area contributed by atoms with Gasteiger partial charge in [-0.3, -0.25) is 4.79 Å². The second-order valence-corrected chi connectivity index (χ2v) is 7.16. The molecule has 0 radical (unpaired) electrons. The minimum Gasteiger partial charge on any atom is -0.352 e. The number of nitrogens with zero attached hydrogens (tertiary/aromatic N) is 4. The number of amides is 1. The molecular formula is C18H27N5O. The molecule has 1 fully saturated rings. The molecule has 0 saturated carbocycles. The van der Waals surface area contributed by atoms with Crippen molar-refractivity contribution in [2.45, 2.75) is 33.6 Å². The lowest BCUT2D eigenvalue weighted by Gasteiger charge is -2.34. The van der Waals surface area contributed by atoms with Crippen LogP contribution in [0.1, 0.15) is 42.7 Å². The summed E-state index contributed by atoms with van der Waals surface area (Å²) in [7, 11) is 0. The van der Waals surface area contributed by atoms with Gasteiger partial charge in [-0.25, -0.2) is 9.50 Å². The monoisotopic (exact) mass is 329 g/mol. The molecule has 24 heavy (non-hydrogen) atoms. The van der Waals surface area contributed by atoms with Crippen LogP contribution in [-0.2, 0) is 0 Å². The van der Waals surface area contributed by atoms with Crippen molar-refractivity contribution < 1.29 is 4.79 Å². The fourth-order valence-corrected chi connectivity index (χ4v) is 3.83. The number of rotatable bonds is 5. The van der Waals surface area contributed by atoms with Crippen molar-refractivity contribution in [3.05, 3.63) is 29.7 Å². The maximum absolute atomic E-state index is 12.5. The van der Waals surface area contributed by atoms with E-state index >= 15 is 0 Å². The highest BCUT2D eigenvalue weighted by Gasteiger charge is 2.21. The molecule has 0 bridgehead atoms. The Bertz CT molecular complexity index is 700. The second-order valence-electron chi connectivity index (χ2n) is 7.16. The summed E-state index contributed by atoms with van der Waals surface area (Å²) in [6.07, 6.45) is 5.79. The molecule has 6 heteroatoms. The molecule has 1 saturated heterocycles. The summed E-state index contributed by atoms with van der Waals surface area (Å²) >= 11 is 0. The third-order valence-electron chi connectivity index (χ3n) is 4.68. The zero-order valence-corrected chi connectivity index (χ0v) is 14.8. The lowest BCUT2D eigenvalue weighted by Crippen LogP contribution is -2.40. The maximum atomic E-state index is 12.5. The number of hydrogen-bond acceptors (Lipinski definition) is 4. The van der Waals surface area contributed by atoms with E-state index in [-0.39, 0.29) is 5.91 Å². The van der Waals surface area contributed by atoms with Crippen LogP contribution in [0.4, 0.5) is 0 Å². The third kappa shape index (κ3) is 3.75. The van der Waals surface area contributed by atoms with Gasteiger partial charge in [-0.2, -0.15) is 5.10 Å². The Balaban J connectivity index is 1.51. The minimum absolute atomic E-state index is 0.0819. The quantitative estimate of drug-likeness (QED) is 0.854. The van der Waals surface area contributed by atoms with Crippen LogP contribution in [0, 0.1) is 18.8 Å². The Kier molecular flexibility index (Phi) is 5.14. The van der Waals surface area contributed by atoms with Crippen molar-refractivity contribution in [3.8, 4) is 0 Å². The Morgan fingerprint density at radius 3 is 2.83 bits per heavy atom. The van der Waals surface area contributed by atoms with E-state index in [1.54, 1.807) is 10.7 Å². The van der Waals surface area contributed by atoms with E-state index < -0.39 is 0 Å². The molecule has 1 aliphatic heterocycles. The number of carbonyl (C=O) groups is 1. The van der Waals surface area contributed by atoms with Crippen molar-refractivity contribution in [3.63, 3.8) is 0 Å². The van der Waals surface area contributed by atoms with Crippen LogP contribution >= 0.6 is 0 Å². The van der Waals surface area contributed by atoms with Gasteiger partial charge in [0.25, 0.3) is 5.91 Å². The van der Waals surface area contributed by atoms with Crippen molar-refractivity contribution in [2.75, 3.05) is 26.2 Å². The van der Waals surface area contributed by atoms with E-state index in [2.05, 4.69) is 34.1 Å². The highest BCUT2D eigenvalue weighted by atomic mass is 16.1. The lowest BCUT2D eigenvalue weighted by atomic mass is 9.92. The summed E-state index contributed by atoms with van der Waals surface area (Å²) in [6.45, 7) is 10.6. The summed E-state index contributed by atoms with van der Waals surface area (Å²) in [5.41, 5.74) is 1.91. The summed E-state index contributed by atoms with van der Waals surface area (Å²) in [6, 6.07) is 1.81. The smallest absolute Gasteiger partial charge is 0.257 e. The first kappa shape index (κ1) is 16.9. The SMILES string of the molecule is Cc1nn2cccnc2c1C(=O)NCCCN1CC(C)CC(C)C1. The molecule has 2 aromatic heterocycles. The van der Waals surface area contributed by atoms with Crippen LogP contribution in [0.15, 0.2) is 18.5 Å². The van der Waals surface area contributed by atoms with Crippen molar-refractivity contribution in [1.82, 2.24) is 24.8 Å². The molecule has 0 aliphatic carbocycles.